The van der Waals surface area contributed by atoms with Crippen molar-refractivity contribution in [3.05, 3.63) is 17.9 Å². The summed E-state index contributed by atoms with van der Waals surface area (Å²) in [5.74, 6) is 1.55. The minimum atomic E-state index is 0.114. The number of rotatable bonds is 8. The Bertz CT molecular complexity index is 573. The molecule has 0 amide bonds. The monoisotopic (exact) mass is 309 g/mol. The average molecular weight is 310 g/mol. The van der Waals surface area contributed by atoms with E-state index in [-0.39, 0.29) is 5.28 Å². The van der Waals surface area contributed by atoms with Gasteiger partial charge in [0.2, 0.25) is 11.2 Å². The molecule has 0 unspecified atom stereocenters. The van der Waals surface area contributed by atoms with Crippen LogP contribution in [-0.2, 0) is 4.74 Å². The molecule has 21 heavy (non-hydrogen) atoms. The topological polar surface area (TPSA) is 90.6 Å². The molecular formula is C12H16ClN7O. The summed E-state index contributed by atoms with van der Waals surface area (Å²) in [6.45, 7) is 2.33. The van der Waals surface area contributed by atoms with Gasteiger partial charge in [0.15, 0.2) is 0 Å². The number of aromatic nitrogens is 6. The molecule has 0 aliphatic heterocycles. The first-order valence-corrected chi connectivity index (χ1v) is 7.27. The fourth-order valence-corrected chi connectivity index (χ4v) is 1.90. The maximum absolute atomic E-state index is 5.88. The average Bonchev–Trinajstić information content (AvgIpc) is 3.13. The zero-order valence-electron chi connectivity index (χ0n) is 11.4. The zero-order chi connectivity index (χ0) is 14.5. The molecule has 2 heterocycles. The molecule has 3 rings (SSSR count). The van der Waals surface area contributed by atoms with Gasteiger partial charge in [-0.05, 0) is 36.8 Å². The highest BCUT2D eigenvalue weighted by Gasteiger charge is 2.20. The first kappa shape index (κ1) is 14.2. The van der Waals surface area contributed by atoms with Gasteiger partial charge in [0.1, 0.15) is 12.7 Å². The number of halogens is 1. The minimum Gasteiger partial charge on any atom is -0.381 e. The highest BCUT2D eigenvalue weighted by molar-refractivity contribution is 6.28. The Labute approximate surface area is 126 Å². The quantitative estimate of drug-likeness (QED) is 0.736. The molecule has 1 aliphatic rings. The summed E-state index contributed by atoms with van der Waals surface area (Å²) in [5, 5.41) is 7.18. The van der Waals surface area contributed by atoms with Gasteiger partial charge in [-0.1, -0.05) is 0 Å². The Kier molecular flexibility index (Phi) is 4.56. The minimum absolute atomic E-state index is 0.114. The number of nitrogens with zero attached hydrogens (tertiary/aromatic N) is 6. The molecule has 8 nitrogen and oxygen atoms in total. The van der Waals surface area contributed by atoms with E-state index in [0.717, 1.165) is 25.6 Å². The Hall–Kier alpha value is -1.80. The van der Waals surface area contributed by atoms with Crippen molar-refractivity contribution in [2.45, 2.75) is 19.3 Å². The van der Waals surface area contributed by atoms with Crippen LogP contribution in [-0.4, -0.2) is 49.5 Å². The lowest BCUT2D eigenvalue weighted by molar-refractivity contribution is 0.124. The van der Waals surface area contributed by atoms with E-state index in [2.05, 4.69) is 30.4 Å². The van der Waals surface area contributed by atoms with Gasteiger partial charge in [0, 0.05) is 19.8 Å². The molecular weight excluding hydrogens is 294 g/mol. The predicted octanol–water partition coefficient (Wildman–Crippen LogP) is 1.33. The summed E-state index contributed by atoms with van der Waals surface area (Å²) in [5.41, 5.74) is 0. The van der Waals surface area contributed by atoms with Crippen molar-refractivity contribution >= 4 is 17.5 Å². The van der Waals surface area contributed by atoms with E-state index in [9.17, 15) is 0 Å². The molecule has 112 valence electrons. The molecule has 0 spiro atoms. The molecule has 9 heteroatoms. The molecule has 1 saturated carbocycles. The Balaban J connectivity index is 1.48. The second-order valence-electron chi connectivity index (χ2n) is 4.87. The Morgan fingerprint density at radius 2 is 2.24 bits per heavy atom. The van der Waals surface area contributed by atoms with Crippen molar-refractivity contribution in [1.82, 2.24) is 29.7 Å². The van der Waals surface area contributed by atoms with Crippen LogP contribution in [0.1, 0.15) is 19.3 Å². The van der Waals surface area contributed by atoms with E-state index in [0.29, 0.717) is 18.4 Å². The van der Waals surface area contributed by atoms with Gasteiger partial charge in [-0.2, -0.15) is 24.7 Å². The van der Waals surface area contributed by atoms with Gasteiger partial charge in [0.05, 0.1) is 0 Å². The summed E-state index contributed by atoms with van der Waals surface area (Å²) < 4.78 is 6.99. The lowest BCUT2D eigenvalue weighted by Crippen LogP contribution is -2.12. The molecule has 0 bridgehead atoms. The number of nitrogens with one attached hydrogen (secondary N) is 1. The maximum Gasteiger partial charge on any atom is 0.258 e. The highest BCUT2D eigenvalue weighted by atomic mass is 35.5. The lowest BCUT2D eigenvalue weighted by Gasteiger charge is -2.07. The maximum atomic E-state index is 5.88. The third-order valence-electron chi connectivity index (χ3n) is 3.02. The largest absolute Gasteiger partial charge is 0.381 e. The van der Waals surface area contributed by atoms with Gasteiger partial charge >= 0.3 is 0 Å². The van der Waals surface area contributed by atoms with Crippen LogP contribution in [0.4, 0.5) is 5.95 Å². The molecule has 2 aromatic heterocycles. The van der Waals surface area contributed by atoms with Gasteiger partial charge in [-0.25, -0.2) is 4.98 Å². The van der Waals surface area contributed by atoms with Crippen molar-refractivity contribution < 1.29 is 4.74 Å². The fraction of sp³-hybridized carbons (Fsp3) is 0.583. The van der Waals surface area contributed by atoms with E-state index in [1.807, 2.05) is 0 Å². The molecule has 1 fully saturated rings. The number of hydrogen-bond acceptors (Lipinski definition) is 7. The van der Waals surface area contributed by atoms with Crippen LogP contribution < -0.4 is 5.32 Å². The van der Waals surface area contributed by atoms with Crippen LogP contribution in [0.15, 0.2) is 12.7 Å². The lowest BCUT2D eigenvalue weighted by atomic mass is 10.4. The second kappa shape index (κ2) is 6.77. The van der Waals surface area contributed by atoms with E-state index in [4.69, 9.17) is 16.3 Å². The summed E-state index contributed by atoms with van der Waals surface area (Å²) in [6, 6.07) is 0. The van der Waals surface area contributed by atoms with E-state index >= 15 is 0 Å². The van der Waals surface area contributed by atoms with Crippen LogP contribution in [0.3, 0.4) is 0 Å². The van der Waals surface area contributed by atoms with Crippen LogP contribution in [0.25, 0.3) is 5.95 Å². The summed E-state index contributed by atoms with van der Waals surface area (Å²) in [4.78, 5) is 16.1. The van der Waals surface area contributed by atoms with Gasteiger partial charge in [0.25, 0.3) is 5.95 Å². The van der Waals surface area contributed by atoms with Crippen molar-refractivity contribution in [3.63, 3.8) is 0 Å². The third-order valence-corrected chi connectivity index (χ3v) is 3.19. The SMILES string of the molecule is Clc1nc(NCCCOCC2CC2)nc(-n2cncn2)n1. The molecule has 1 N–H and O–H groups in total. The number of anilines is 1. The van der Waals surface area contributed by atoms with Gasteiger partial charge in [-0.3, -0.25) is 0 Å². The number of hydrogen-bond donors (Lipinski definition) is 1. The van der Waals surface area contributed by atoms with Crippen LogP contribution in [0.2, 0.25) is 5.28 Å². The molecule has 0 radical (unpaired) electrons. The standard InChI is InChI=1S/C12H16ClN7O/c13-10-17-11(15-4-1-5-21-6-9-2-3-9)19-12(18-10)20-8-14-7-16-20/h7-9H,1-6H2,(H,15,17,18,19). The van der Waals surface area contributed by atoms with Crippen molar-refractivity contribution in [1.29, 1.82) is 0 Å². The van der Waals surface area contributed by atoms with Crippen molar-refractivity contribution in [2.24, 2.45) is 5.92 Å². The summed E-state index contributed by atoms with van der Waals surface area (Å²) in [7, 11) is 0. The zero-order valence-corrected chi connectivity index (χ0v) is 12.2. The van der Waals surface area contributed by atoms with E-state index in [1.165, 1.54) is 30.2 Å². The smallest absolute Gasteiger partial charge is 0.258 e. The van der Waals surface area contributed by atoms with E-state index < -0.39 is 0 Å². The van der Waals surface area contributed by atoms with Crippen LogP contribution in [0.5, 0.6) is 0 Å². The van der Waals surface area contributed by atoms with E-state index in [1.54, 1.807) is 0 Å². The Morgan fingerprint density at radius 1 is 1.33 bits per heavy atom. The molecule has 2 aromatic rings. The van der Waals surface area contributed by atoms with Crippen LogP contribution >= 0.6 is 11.6 Å². The van der Waals surface area contributed by atoms with Gasteiger partial charge in [-0.15, -0.1) is 0 Å². The molecule has 0 saturated heterocycles. The summed E-state index contributed by atoms with van der Waals surface area (Å²) in [6.07, 6.45) is 6.41. The predicted molar refractivity (Wildman–Crippen MR) is 76.4 cm³/mol. The molecule has 1 aliphatic carbocycles. The first-order valence-electron chi connectivity index (χ1n) is 6.89. The fourth-order valence-electron chi connectivity index (χ4n) is 1.74. The third kappa shape index (κ3) is 4.33. The molecule has 0 atom stereocenters. The summed E-state index contributed by atoms with van der Waals surface area (Å²) >= 11 is 5.88. The number of ether oxygens (including phenoxy) is 1. The second-order valence-corrected chi connectivity index (χ2v) is 5.20. The van der Waals surface area contributed by atoms with Crippen molar-refractivity contribution in [3.8, 4) is 5.95 Å². The Morgan fingerprint density at radius 3 is 3.00 bits per heavy atom. The first-order chi connectivity index (χ1) is 10.3. The van der Waals surface area contributed by atoms with Crippen LogP contribution in [0, 0.1) is 5.92 Å². The molecule has 0 aromatic carbocycles. The highest BCUT2D eigenvalue weighted by Crippen LogP contribution is 2.28. The normalized spacial score (nSPS) is 14.3. The van der Waals surface area contributed by atoms with Gasteiger partial charge < -0.3 is 10.1 Å². The van der Waals surface area contributed by atoms with Crippen molar-refractivity contribution in [2.75, 3.05) is 25.1 Å².